The van der Waals surface area contributed by atoms with Crippen molar-refractivity contribution in [1.29, 1.82) is 0 Å². The lowest BCUT2D eigenvalue weighted by Crippen LogP contribution is -2.44. The van der Waals surface area contributed by atoms with Crippen LogP contribution < -0.4 is 10.6 Å². The summed E-state index contributed by atoms with van der Waals surface area (Å²) in [6, 6.07) is 0.644. The number of urea groups is 1. The van der Waals surface area contributed by atoms with E-state index >= 15 is 0 Å². The number of thioether (sulfide) groups is 2. The fourth-order valence-electron chi connectivity index (χ4n) is 2.10. The van der Waals surface area contributed by atoms with Gasteiger partial charge in [0.25, 0.3) is 0 Å². The Hall–Kier alpha value is -0.0300. The van der Waals surface area contributed by atoms with E-state index in [0.29, 0.717) is 6.04 Å². The third-order valence-corrected chi connectivity index (χ3v) is 4.92. The molecule has 3 atom stereocenters. The second kappa shape index (κ2) is 8.14. The quantitative estimate of drug-likeness (QED) is 0.784. The lowest BCUT2D eigenvalue weighted by molar-refractivity contribution is 0.234. The Bertz CT molecular complexity index is 239. The third kappa shape index (κ3) is 5.91. The van der Waals surface area contributed by atoms with Gasteiger partial charge in [-0.05, 0) is 50.9 Å². The maximum Gasteiger partial charge on any atom is 0.315 e. The van der Waals surface area contributed by atoms with Crippen molar-refractivity contribution in [2.75, 3.05) is 18.3 Å². The molecule has 2 amide bonds. The van der Waals surface area contributed by atoms with E-state index in [2.05, 4.69) is 30.1 Å². The summed E-state index contributed by atoms with van der Waals surface area (Å²) in [6.45, 7) is 2.06. The first-order chi connectivity index (χ1) is 8.15. The standard InChI is InChI=1S/C12H24N2OS2/c1-9(6-7-16-2)13-12(15)14-10-4-5-11(8-10)17-3/h9-11H,4-8H2,1-3H3,(H2,13,14,15)/t9-,10-,11-/m0/s1. The second-order valence-electron chi connectivity index (χ2n) is 4.67. The average Bonchev–Trinajstić information content (AvgIpc) is 2.73. The van der Waals surface area contributed by atoms with Crippen LogP contribution in [0.5, 0.6) is 0 Å². The highest BCUT2D eigenvalue weighted by Gasteiger charge is 2.25. The van der Waals surface area contributed by atoms with Crippen molar-refractivity contribution in [3.05, 3.63) is 0 Å². The Morgan fingerprint density at radius 2 is 2.18 bits per heavy atom. The zero-order chi connectivity index (χ0) is 12.7. The third-order valence-electron chi connectivity index (χ3n) is 3.19. The molecular formula is C12H24N2OS2. The molecule has 0 heterocycles. The van der Waals surface area contributed by atoms with Gasteiger partial charge in [0.05, 0.1) is 0 Å². The molecule has 0 saturated heterocycles. The number of nitrogens with one attached hydrogen (secondary N) is 2. The van der Waals surface area contributed by atoms with Gasteiger partial charge in [0.1, 0.15) is 0 Å². The Morgan fingerprint density at radius 3 is 2.76 bits per heavy atom. The van der Waals surface area contributed by atoms with Gasteiger partial charge in [-0.25, -0.2) is 4.79 Å². The van der Waals surface area contributed by atoms with Gasteiger partial charge in [-0.15, -0.1) is 0 Å². The van der Waals surface area contributed by atoms with Crippen molar-refractivity contribution < 1.29 is 4.79 Å². The minimum atomic E-state index is 0.00496. The van der Waals surface area contributed by atoms with Crippen molar-refractivity contribution in [3.63, 3.8) is 0 Å². The van der Waals surface area contributed by atoms with E-state index in [0.717, 1.165) is 30.3 Å². The molecule has 0 unspecified atom stereocenters. The van der Waals surface area contributed by atoms with E-state index in [1.54, 1.807) is 0 Å². The highest BCUT2D eigenvalue weighted by Crippen LogP contribution is 2.27. The molecule has 2 N–H and O–H groups in total. The second-order valence-corrected chi connectivity index (χ2v) is 6.79. The fourth-order valence-corrected chi connectivity index (χ4v) is 3.49. The molecule has 0 aromatic heterocycles. The normalized spacial score (nSPS) is 25.6. The molecule has 5 heteroatoms. The molecular weight excluding hydrogens is 252 g/mol. The van der Waals surface area contributed by atoms with E-state index in [1.165, 1.54) is 6.42 Å². The summed E-state index contributed by atoms with van der Waals surface area (Å²) in [5.74, 6) is 1.10. The van der Waals surface area contributed by atoms with Crippen LogP contribution in [0.25, 0.3) is 0 Å². The van der Waals surface area contributed by atoms with E-state index in [1.807, 2.05) is 23.5 Å². The predicted molar refractivity (Wildman–Crippen MR) is 79.1 cm³/mol. The summed E-state index contributed by atoms with van der Waals surface area (Å²) in [6.07, 6.45) is 8.75. The van der Waals surface area contributed by atoms with Gasteiger partial charge in [-0.2, -0.15) is 23.5 Å². The van der Waals surface area contributed by atoms with Crippen LogP contribution in [0, 0.1) is 0 Å². The topological polar surface area (TPSA) is 41.1 Å². The van der Waals surface area contributed by atoms with Gasteiger partial charge in [0, 0.05) is 17.3 Å². The maximum atomic E-state index is 11.7. The van der Waals surface area contributed by atoms with Crippen LogP contribution in [0.4, 0.5) is 4.79 Å². The number of carbonyl (C=O) groups excluding carboxylic acids is 1. The van der Waals surface area contributed by atoms with Crippen molar-refractivity contribution >= 4 is 29.6 Å². The summed E-state index contributed by atoms with van der Waals surface area (Å²) in [5, 5.41) is 6.82. The molecule has 0 aromatic rings. The summed E-state index contributed by atoms with van der Waals surface area (Å²) in [4.78, 5) is 11.7. The molecule has 0 aliphatic heterocycles. The zero-order valence-corrected chi connectivity index (χ0v) is 12.6. The molecule has 17 heavy (non-hydrogen) atoms. The molecule has 0 bridgehead atoms. The highest BCUT2D eigenvalue weighted by atomic mass is 32.2. The maximum absolute atomic E-state index is 11.7. The summed E-state index contributed by atoms with van der Waals surface area (Å²) in [5.41, 5.74) is 0. The molecule has 0 spiro atoms. The number of carbonyl (C=O) groups is 1. The summed E-state index contributed by atoms with van der Waals surface area (Å²) in [7, 11) is 0. The minimum absolute atomic E-state index is 0.00496. The van der Waals surface area contributed by atoms with Crippen LogP contribution >= 0.6 is 23.5 Å². The molecule has 0 aromatic carbocycles. The predicted octanol–water partition coefficient (Wildman–Crippen LogP) is 2.71. The molecule has 1 saturated carbocycles. The number of rotatable bonds is 6. The van der Waals surface area contributed by atoms with Crippen molar-refractivity contribution in [1.82, 2.24) is 10.6 Å². The van der Waals surface area contributed by atoms with Crippen LogP contribution in [0.2, 0.25) is 0 Å². The zero-order valence-electron chi connectivity index (χ0n) is 11.0. The monoisotopic (exact) mass is 276 g/mol. The van der Waals surface area contributed by atoms with Gasteiger partial charge in [-0.3, -0.25) is 0 Å². The van der Waals surface area contributed by atoms with Gasteiger partial charge in [0.2, 0.25) is 0 Å². The Morgan fingerprint density at radius 1 is 1.41 bits per heavy atom. The Labute approximate surface area is 113 Å². The SMILES string of the molecule is CSCC[C@H](C)NC(=O)N[C@H]1CC[C@H](SC)C1. The number of hydrogen-bond donors (Lipinski definition) is 2. The highest BCUT2D eigenvalue weighted by molar-refractivity contribution is 7.99. The first-order valence-corrected chi connectivity index (χ1v) is 8.92. The summed E-state index contributed by atoms with van der Waals surface area (Å²) < 4.78 is 0. The van der Waals surface area contributed by atoms with Crippen LogP contribution in [0.3, 0.4) is 0 Å². The molecule has 1 fully saturated rings. The smallest absolute Gasteiger partial charge is 0.315 e. The van der Waals surface area contributed by atoms with Crippen molar-refractivity contribution in [2.24, 2.45) is 0 Å². The van der Waals surface area contributed by atoms with Gasteiger partial charge in [-0.1, -0.05) is 0 Å². The molecule has 0 radical (unpaired) electrons. The van der Waals surface area contributed by atoms with E-state index in [-0.39, 0.29) is 12.1 Å². The molecule has 1 aliphatic carbocycles. The molecule has 1 aliphatic rings. The minimum Gasteiger partial charge on any atom is -0.336 e. The molecule has 100 valence electrons. The average molecular weight is 276 g/mol. The first kappa shape index (κ1) is 15.0. The molecule has 3 nitrogen and oxygen atoms in total. The fraction of sp³-hybridized carbons (Fsp3) is 0.917. The lowest BCUT2D eigenvalue weighted by atomic mass is 10.2. The van der Waals surface area contributed by atoms with E-state index in [9.17, 15) is 4.79 Å². The number of hydrogen-bond acceptors (Lipinski definition) is 3. The first-order valence-electron chi connectivity index (χ1n) is 6.24. The van der Waals surface area contributed by atoms with Gasteiger partial charge < -0.3 is 10.6 Å². The lowest BCUT2D eigenvalue weighted by Gasteiger charge is -2.17. The van der Waals surface area contributed by atoms with Gasteiger partial charge in [0.15, 0.2) is 0 Å². The van der Waals surface area contributed by atoms with Crippen LogP contribution in [0.1, 0.15) is 32.6 Å². The van der Waals surface area contributed by atoms with E-state index < -0.39 is 0 Å². The molecule has 1 rings (SSSR count). The van der Waals surface area contributed by atoms with Crippen LogP contribution in [-0.4, -0.2) is 41.6 Å². The van der Waals surface area contributed by atoms with Crippen molar-refractivity contribution in [2.45, 2.75) is 49.9 Å². The van der Waals surface area contributed by atoms with Crippen LogP contribution in [0.15, 0.2) is 0 Å². The number of amides is 2. The van der Waals surface area contributed by atoms with Gasteiger partial charge >= 0.3 is 6.03 Å². The van der Waals surface area contributed by atoms with E-state index in [4.69, 9.17) is 0 Å². The summed E-state index contributed by atoms with van der Waals surface area (Å²) >= 11 is 3.73. The largest absolute Gasteiger partial charge is 0.336 e. The van der Waals surface area contributed by atoms with Crippen LogP contribution in [-0.2, 0) is 0 Å². The Balaban J connectivity index is 2.16. The van der Waals surface area contributed by atoms with Crippen molar-refractivity contribution in [3.8, 4) is 0 Å². The Kier molecular flexibility index (Phi) is 7.19.